The molecule has 0 spiro atoms. The van der Waals surface area contributed by atoms with Crippen LogP contribution in [0.4, 0.5) is 0 Å². The Morgan fingerprint density at radius 2 is 2.39 bits per heavy atom. The molecule has 3 N–H and O–H groups in total. The summed E-state index contributed by atoms with van der Waals surface area (Å²) in [6, 6.07) is 4.22. The van der Waals surface area contributed by atoms with Gasteiger partial charge < -0.3 is 11.1 Å². The number of guanidine groups is 1. The van der Waals surface area contributed by atoms with Gasteiger partial charge in [0.1, 0.15) is 0 Å². The third kappa shape index (κ3) is 4.53. The first-order chi connectivity index (χ1) is 8.84. The molecule has 98 valence electrons. The minimum Gasteiger partial charge on any atom is -0.370 e. The molecule has 0 amide bonds. The number of allylic oxidation sites excluding steroid dienone is 1. The van der Waals surface area contributed by atoms with Gasteiger partial charge in [-0.25, -0.2) is 4.99 Å². The van der Waals surface area contributed by atoms with E-state index < -0.39 is 0 Å². The second-order valence-electron chi connectivity index (χ2n) is 4.57. The van der Waals surface area contributed by atoms with Gasteiger partial charge in [-0.2, -0.15) is 0 Å². The number of nitrogens with zero attached hydrogens (tertiary/aromatic N) is 1. The lowest BCUT2D eigenvalue weighted by Gasteiger charge is -2.11. The second-order valence-corrected chi connectivity index (χ2v) is 5.60. The zero-order valence-corrected chi connectivity index (χ0v) is 11.5. The first-order valence-electron chi connectivity index (χ1n) is 6.58. The van der Waals surface area contributed by atoms with E-state index in [4.69, 9.17) is 5.73 Å². The Morgan fingerprint density at radius 3 is 3.11 bits per heavy atom. The van der Waals surface area contributed by atoms with Crippen LogP contribution in [0.1, 0.15) is 30.6 Å². The molecule has 0 saturated heterocycles. The van der Waals surface area contributed by atoms with Crippen LogP contribution in [0.3, 0.4) is 0 Å². The molecular weight excluding hydrogens is 242 g/mol. The molecule has 1 heterocycles. The van der Waals surface area contributed by atoms with Crippen molar-refractivity contribution in [1.82, 2.24) is 5.32 Å². The lowest BCUT2D eigenvalue weighted by molar-refractivity contribution is 0.690. The fourth-order valence-corrected chi connectivity index (χ4v) is 2.77. The molecule has 3 nitrogen and oxygen atoms in total. The Bertz CT molecular complexity index is 407. The van der Waals surface area contributed by atoms with Crippen LogP contribution in [0, 0.1) is 0 Å². The van der Waals surface area contributed by atoms with Gasteiger partial charge in [0.15, 0.2) is 5.96 Å². The Labute approximate surface area is 113 Å². The zero-order chi connectivity index (χ0) is 12.6. The highest BCUT2D eigenvalue weighted by atomic mass is 32.1. The molecule has 1 aliphatic carbocycles. The van der Waals surface area contributed by atoms with Gasteiger partial charge in [-0.05, 0) is 43.6 Å². The summed E-state index contributed by atoms with van der Waals surface area (Å²) in [6.45, 7) is 1.62. The van der Waals surface area contributed by atoms with Crippen LogP contribution < -0.4 is 11.1 Å². The number of nitrogens with two attached hydrogens (primary N) is 1. The third-order valence-corrected chi connectivity index (χ3v) is 4.03. The Hall–Kier alpha value is -1.29. The van der Waals surface area contributed by atoms with Crippen molar-refractivity contribution in [2.24, 2.45) is 10.7 Å². The van der Waals surface area contributed by atoms with Crippen molar-refractivity contribution in [2.45, 2.75) is 32.1 Å². The van der Waals surface area contributed by atoms with Crippen molar-refractivity contribution >= 4 is 17.3 Å². The monoisotopic (exact) mass is 263 g/mol. The second kappa shape index (κ2) is 7.21. The lowest BCUT2D eigenvalue weighted by atomic mass is 10.00. The van der Waals surface area contributed by atoms with Crippen molar-refractivity contribution in [3.8, 4) is 0 Å². The molecule has 0 unspecified atom stereocenters. The molecule has 1 aromatic rings. The Balaban J connectivity index is 1.67. The maximum Gasteiger partial charge on any atom is 0.188 e. The molecule has 1 aliphatic rings. The van der Waals surface area contributed by atoms with Gasteiger partial charge in [0.05, 0.1) is 6.54 Å². The zero-order valence-electron chi connectivity index (χ0n) is 10.7. The molecule has 0 fully saturated rings. The number of rotatable bonds is 5. The molecule has 4 heteroatoms. The standard InChI is InChI=1S/C14H21N3S/c15-14(16-9-8-13-7-4-10-18-13)17-11-12-5-2-1-3-6-12/h4-5,7,10H,1-3,6,8-9,11H2,(H3,15,16,17). The Morgan fingerprint density at radius 1 is 1.44 bits per heavy atom. The van der Waals surface area contributed by atoms with Crippen LogP contribution in [0.25, 0.3) is 0 Å². The summed E-state index contributed by atoms with van der Waals surface area (Å²) in [5, 5.41) is 5.27. The normalized spacial score (nSPS) is 16.4. The number of hydrogen-bond donors (Lipinski definition) is 2. The lowest BCUT2D eigenvalue weighted by Crippen LogP contribution is -2.33. The predicted octanol–water partition coefficient (Wildman–Crippen LogP) is 2.70. The highest BCUT2D eigenvalue weighted by molar-refractivity contribution is 7.09. The largest absolute Gasteiger partial charge is 0.370 e. The van der Waals surface area contributed by atoms with E-state index in [0.717, 1.165) is 19.5 Å². The number of thiophene rings is 1. The minimum atomic E-state index is 0.568. The van der Waals surface area contributed by atoms with E-state index in [1.165, 1.54) is 36.1 Å². The summed E-state index contributed by atoms with van der Waals surface area (Å²) in [5.41, 5.74) is 7.28. The summed E-state index contributed by atoms with van der Waals surface area (Å²) >= 11 is 1.78. The van der Waals surface area contributed by atoms with Crippen molar-refractivity contribution in [1.29, 1.82) is 0 Å². The van der Waals surface area contributed by atoms with Crippen molar-refractivity contribution < 1.29 is 0 Å². The van der Waals surface area contributed by atoms with Crippen LogP contribution in [0.2, 0.25) is 0 Å². The van der Waals surface area contributed by atoms with Gasteiger partial charge >= 0.3 is 0 Å². The summed E-state index contributed by atoms with van der Waals surface area (Å²) in [7, 11) is 0. The van der Waals surface area contributed by atoms with Crippen LogP contribution >= 0.6 is 11.3 Å². The number of aliphatic imine (C=N–C) groups is 1. The van der Waals surface area contributed by atoms with E-state index in [1.54, 1.807) is 11.3 Å². The van der Waals surface area contributed by atoms with E-state index in [1.807, 2.05) is 0 Å². The first kappa shape index (κ1) is 13.1. The van der Waals surface area contributed by atoms with Gasteiger partial charge in [0.25, 0.3) is 0 Å². The van der Waals surface area contributed by atoms with E-state index >= 15 is 0 Å². The maximum atomic E-state index is 5.85. The molecule has 2 rings (SSSR count). The summed E-state index contributed by atoms with van der Waals surface area (Å²) in [6.07, 6.45) is 8.33. The molecule has 0 aliphatic heterocycles. The average molecular weight is 263 g/mol. The topological polar surface area (TPSA) is 50.4 Å². The van der Waals surface area contributed by atoms with E-state index in [9.17, 15) is 0 Å². The fourth-order valence-electron chi connectivity index (χ4n) is 2.06. The van der Waals surface area contributed by atoms with Crippen molar-refractivity contribution in [3.63, 3.8) is 0 Å². The Kier molecular flexibility index (Phi) is 5.27. The molecule has 0 bridgehead atoms. The van der Waals surface area contributed by atoms with Gasteiger partial charge in [-0.1, -0.05) is 17.7 Å². The van der Waals surface area contributed by atoms with Gasteiger partial charge in [0, 0.05) is 11.4 Å². The SMILES string of the molecule is NC(=NCC1=CCCCC1)NCCc1cccs1. The quantitative estimate of drug-likeness (QED) is 0.487. The molecule has 1 aromatic heterocycles. The average Bonchev–Trinajstić information content (AvgIpc) is 2.91. The van der Waals surface area contributed by atoms with Crippen LogP contribution in [0.15, 0.2) is 34.2 Å². The van der Waals surface area contributed by atoms with E-state index in [2.05, 4.69) is 33.9 Å². The minimum absolute atomic E-state index is 0.568. The van der Waals surface area contributed by atoms with Crippen molar-refractivity contribution in [3.05, 3.63) is 34.0 Å². The molecule has 0 radical (unpaired) electrons. The molecule has 18 heavy (non-hydrogen) atoms. The number of hydrogen-bond acceptors (Lipinski definition) is 2. The summed E-state index contributed by atoms with van der Waals surface area (Å²) in [4.78, 5) is 5.76. The molecular formula is C14H21N3S. The molecule has 0 saturated carbocycles. The molecule has 0 atom stereocenters. The molecule has 0 aromatic carbocycles. The van der Waals surface area contributed by atoms with Crippen LogP contribution in [-0.2, 0) is 6.42 Å². The third-order valence-electron chi connectivity index (χ3n) is 3.10. The fraction of sp³-hybridized carbons (Fsp3) is 0.500. The van der Waals surface area contributed by atoms with Gasteiger partial charge in [-0.15, -0.1) is 11.3 Å². The van der Waals surface area contributed by atoms with Gasteiger partial charge in [0.2, 0.25) is 0 Å². The highest BCUT2D eigenvalue weighted by Crippen LogP contribution is 2.17. The van der Waals surface area contributed by atoms with Crippen LogP contribution in [0.5, 0.6) is 0 Å². The van der Waals surface area contributed by atoms with Crippen LogP contribution in [-0.4, -0.2) is 19.0 Å². The van der Waals surface area contributed by atoms with E-state index in [-0.39, 0.29) is 0 Å². The van der Waals surface area contributed by atoms with E-state index in [0.29, 0.717) is 5.96 Å². The smallest absolute Gasteiger partial charge is 0.188 e. The first-order valence-corrected chi connectivity index (χ1v) is 7.46. The highest BCUT2D eigenvalue weighted by Gasteiger charge is 2.02. The maximum absolute atomic E-state index is 5.85. The number of nitrogens with one attached hydrogen (secondary N) is 1. The predicted molar refractivity (Wildman–Crippen MR) is 79.1 cm³/mol. The summed E-state index contributed by atoms with van der Waals surface area (Å²) < 4.78 is 0. The summed E-state index contributed by atoms with van der Waals surface area (Å²) in [5.74, 6) is 0.568. The van der Waals surface area contributed by atoms with Crippen molar-refractivity contribution in [2.75, 3.05) is 13.1 Å². The van der Waals surface area contributed by atoms with Gasteiger partial charge in [-0.3, -0.25) is 0 Å².